The van der Waals surface area contributed by atoms with E-state index in [4.69, 9.17) is 22.1 Å². The molecule has 9 nitrogen and oxygen atoms in total. The summed E-state index contributed by atoms with van der Waals surface area (Å²) >= 11 is 5.94. The first-order valence-electron chi connectivity index (χ1n) is 10.8. The minimum atomic E-state index is -4.03. The standard InChI is InChI=1S/C23H22ClN5O4S/c24-16-4-6-17(7-5-16)34(31,32)19-15-18-22(26-20-3-1-2-8-28(20)23(18)30)29(21(19)25)10-9-27-11-13-33-14-12-27/h1-8,15,25H,9-14H2/p+1. The van der Waals surface area contributed by atoms with Gasteiger partial charge in [0.2, 0.25) is 21.3 Å². The van der Waals surface area contributed by atoms with E-state index in [1.807, 2.05) is 0 Å². The Morgan fingerprint density at radius 2 is 1.85 bits per heavy atom. The smallest absolute Gasteiger partial charge is 0.278 e. The molecule has 4 heterocycles. The lowest BCUT2D eigenvalue weighted by molar-refractivity contribution is -0.660. The molecule has 5 rings (SSSR count). The highest BCUT2D eigenvalue weighted by Crippen LogP contribution is 2.27. The van der Waals surface area contributed by atoms with Crippen molar-refractivity contribution in [3.05, 3.63) is 70.1 Å². The Morgan fingerprint density at radius 3 is 2.59 bits per heavy atom. The predicted octanol–water partition coefficient (Wildman–Crippen LogP) is 1.54. The van der Waals surface area contributed by atoms with Gasteiger partial charge < -0.3 is 10.5 Å². The summed E-state index contributed by atoms with van der Waals surface area (Å²) in [6.07, 6.45) is 1.60. The first-order chi connectivity index (χ1) is 16.4. The lowest BCUT2D eigenvalue weighted by Crippen LogP contribution is -2.47. The minimum absolute atomic E-state index is 0.0305. The van der Waals surface area contributed by atoms with Crippen LogP contribution in [0.4, 0.5) is 5.82 Å². The van der Waals surface area contributed by atoms with Gasteiger partial charge in [-0.05, 0) is 42.5 Å². The van der Waals surface area contributed by atoms with E-state index in [1.165, 1.54) is 34.7 Å². The molecule has 0 spiro atoms. The van der Waals surface area contributed by atoms with Crippen LogP contribution < -0.4 is 15.9 Å². The number of nitrogens with two attached hydrogens (primary N) is 1. The largest absolute Gasteiger partial charge is 0.379 e. The summed E-state index contributed by atoms with van der Waals surface area (Å²) < 4.78 is 35.5. The zero-order valence-electron chi connectivity index (χ0n) is 18.2. The zero-order valence-corrected chi connectivity index (χ0v) is 19.8. The summed E-state index contributed by atoms with van der Waals surface area (Å²) in [7, 11) is -4.03. The van der Waals surface area contributed by atoms with Crippen LogP contribution in [-0.4, -0.2) is 55.6 Å². The number of hydrogen-bond acceptors (Lipinski definition) is 7. The van der Waals surface area contributed by atoms with Gasteiger partial charge in [-0.1, -0.05) is 22.7 Å². The van der Waals surface area contributed by atoms with Gasteiger partial charge in [-0.3, -0.25) is 14.1 Å². The third kappa shape index (κ3) is 4.03. The fourth-order valence-corrected chi connectivity index (χ4v) is 5.66. The zero-order chi connectivity index (χ0) is 23.9. The van der Waals surface area contributed by atoms with Crippen molar-refractivity contribution in [1.82, 2.24) is 14.3 Å². The summed E-state index contributed by atoms with van der Waals surface area (Å²) in [5.41, 5.74) is 6.91. The Hall–Kier alpha value is -3.05. The number of anilines is 1. The van der Waals surface area contributed by atoms with Crippen LogP contribution in [0.5, 0.6) is 0 Å². The summed E-state index contributed by atoms with van der Waals surface area (Å²) in [5.74, 6) is 0.0305. The molecule has 3 aromatic heterocycles. The lowest BCUT2D eigenvalue weighted by Gasteiger charge is -2.26. The molecule has 4 aromatic rings. The molecular weight excluding hydrogens is 478 g/mol. The van der Waals surface area contributed by atoms with E-state index in [1.54, 1.807) is 29.0 Å². The Balaban J connectivity index is 1.73. The van der Waals surface area contributed by atoms with Gasteiger partial charge in [0.05, 0.1) is 24.7 Å². The highest BCUT2D eigenvalue weighted by Gasteiger charge is 2.29. The molecule has 1 aliphatic heterocycles. The third-order valence-corrected chi connectivity index (χ3v) is 8.03. The molecule has 1 fully saturated rings. The molecule has 0 unspecified atom stereocenters. The normalized spacial score (nSPS) is 15.2. The fraction of sp³-hybridized carbons (Fsp3) is 0.261. The van der Waals surface area contributed by atoms with Crippen molar-refractivity contribution in [1.29, 1.82) is 0 Å². The van der Waals surface area contributed by atoms with Gasteiger partial charge >= 0.3 is 0 Å². The average Bonchev–Trinajstić information content (AvgIpc) is 2.84. The fourth-order valence-electron chi connectivity index (χ4n) is 4.12. The van der Waals surface area contributed by atoms with Gasteiger partial charge in [0.1, 0.15) is 10.3 Å². The van der Waals surface area contributed by atoms with E-state index in [0.29, 0.717) is 42.6 Å². The van der Waals surface area contributed by atoms with Gasteiger partial charge in [-0.15, -0.1) is 0 Å². The first-order valence-corrected chi connectivity index (χ1v) is 12.7. The molecule has 0 aliphatic carbocycles. The van der Waals surface area contributed by atoms with Crippen LogP contribution in [0.3, 0.4) is 0 Å². The number of ether oxygens (including phenoxy) is 1. The number of morpholine rings is 1. The van der Waals surface area contributed by atoms with Crippen molar-refractivity contribution in [3.8, 4) is 0 Å². The van der Waals surface area contributed by atoms with Gasteiger partial charge in [0.15, 0.2) is 0 Å². The van der Waals surface area contributed by atoms with E-state index in [2.05, 4.69) is 9.88 Å². The summed E-state index contributed by atoms with van der Waals surface area (Å²) in [4.78, 5) is 20.1. The van der Waals surface area contributed by atoms with Crippen LogP contribution in [0, 0.1) is 0 Å². The third-order valence-electron chi connectivity index (χ3n) is 5.98. The molecule has 1 aromatic carbocycles. The van der Waals surface area contributed by atoms with Crippen LogP contribution in [0.2, 0.25) is 5.02 Å². The number of pyridine rings is 2. The van der Waals surface area contributed by atoms with Crippen LogP contribution in [-0.2, 0) is 21.1 Å². The molecule has 1 saturated heterocycles. The lowest BCUT2D eigenvalue weighted by atomic mass is 10.3. The number of nitrogens with zero attached hydrogens (tertiary/aromatic N) is 4. The van der Waals surface area contributed by atoms with Crippen LogP contribution in [0.1, 0.15) is 0 Å². The van der Waals surface area contributed by atoms with Crippen molar-refractivity contribution in [2.45, 2.75) is 16.3 Å². The van der Waals surface area contributed by atoms with Crippen LogP contribution in [0.15, 0.2) is 69.3 Å². The summed E-state index contributed by atoms with van der Waals surface area (Å²) in [6.45, 7) is 3.77. The number of sulfone groups is 1. The van der Waals surface area contributed by atoms with E-state index in [-0.39, 0.29) is 26.6 Å². The second-order valence-electron chi connectivity index (χ2n) is 8.04. The molecule has 11 heteroatoms. The molecular formula is C23H23ClN5O4S+. The molecule has 0 atom stereocenters. The van der Waals surface area contributed by atoms with E-state index in [9.17, 15) is 13.2 Å². The maximum absolute atomic E-state index is 13.6. The number of nitrogen functional groups attached to an aromatic ring is 1. The number of fused-ring (bicyclic) bond motifs is 2. The highest BCUT2D eigenvalue weighted by molar-refractivity contribution is 7.91. The molecule has 2 N–H and O–H groups in total. The van der Waals surface area contributed by atoms with Gasteiger partial charge in [-0.2, -0.15) is 0 Å². The van der Waals surface area contributed by atoms with E-state index >= 15 is 0 Å². The van der Waals surface area contributed by atoms with Gasteiger partial charge in [-0.25, -0.2) is 13.0 Å². The Kier molecular flexibility index (Phi) is 5.98. The molecule has 0 bridgehead atoms. The summed E-state index contributed by atoms with van der Waals surface area (Å²) in [5, 5.41) is 0.590. The Morgan fingerprint density at radius 1 is 1.12 bits per heavy atom. The van der Waals surface area contributed by atoms with Crippen LogP contribution >= 0.6 is 11.6 Å². The van der Waals surface area contributed by atoms with Gasteiger partial charge in [0, 0.05) is 30.9 Å². The second-order valence-corrected chi connectivity index (χ2v) is 10.4. The average molecular weight is 501 g/mol. The number of benzene rings is 1. The van der Waals surface area contributed by atoms with Crippen molar-refractivity contribution in [3.63, 3.8) is 0 Å². The van der Waals surface area contributed by atoms with E-state index in [0.717, 1.165) is 13.1 Å². The number of aromatic nitrogens is 3. The first kappa shape index (κ1) is 22.7. The number of hydrogen-bond donors (Lipinski definition) is 1. The molecule has 176 valence electrons. The van der Waals surface area contributed by atoms with Crippen molar-refractivity contribution in [2.24, 2.45) is 0 Å². The maximum Gasteiger partial charge on any atom is 0.278 e. The Bertz CT molecular complexity index is 1550. The summed E-state index contributed by atoms with van der Waals surface area (Å²) in [6, 6.07) is 12.4. The molecule has 34 heavy (non-hydrogen) atoms. The SMILES string of the molecule is Nc1c(S(=O)(=O)c2ccc(Cl)cc2)cc2c(=O)n3ccccc3nc2[n+]1CCN1CCOCC1. The van der Waals surface area contributed by atoms with Gasteiger partial charge in [0.25, 0.3) is 11.2 Å². The quantitative estimate of drug-likeness (QED) is 0.327. The van der Waals surface area contributed by atoms with Crippen molar-refractivity contribution in [2.75, 3.05) is 38.6 Å². The molecule has 0 radical (unpaired) electrons. The van der Waals surface area contributed by atoms with Crippen molar-refractivity contribution < 1.29 is 17.7 Å². The second kappa shape index (κ2) is 8.95. The monoisotopic (exact) mass is 500 g/mol. The minimum Gasteiger partial charge on any atom is -0.379 e. The Labute approximate surface area is 200 Å². The highest BCUT2D eigenvalue weighted by atomic mass is 35.5. The number of rotatable bonds is 5. The van der Waals surface area contributed by atoms with E-state index < -0.39 is 9.84 Å². The van der Waals surface area contributed by atoms with Crippen molar-refractivity contribution >= 4 is 43.9 Å². The molecule has 0 saturated carbocycles. The molecule has 0 amide bonds. The molecule has 1 aliphatic rings. The topological polar surface area (TPSA) is 111 Å². The number of halogens is 1. The predicted molar refractivity (Wildman–Crippen MR) is 128 cm³/mol. The maximum atomic E-state index is 13.6. The van der Waals surface area contributed by atoms with Crippen LogP contribution in [0.25, 0.3) is 16.7 Å².